The number of para-hydroxylation sites is 1. The second kappa shape index (κ2) is 14.4. The SMILES string of the molecule is c1ccc(-c2ccc(N(c3ccc(-c4ccccc4)cc3)c3cccc4c3-c3ccc(-c5ccccc5)cc3-c3cccc(-c5ccccc5)c3O4)cc2)cc1. The van der Waals surface area contributed by atoms with Crippen molar-refractivity contribution in [3.8, 4) is 78.3 Å². The third-order valence-corrected chi connectivity index (χ3v) is 10.7. The third kappa shape index (κ3) is 6.14. The molecule has 0 aromatic heterocycles. The number of nitrogens with zero attached hydrogens (tertiary/aromatic N) is 1. The van der Waals surface area contributed by atoms with E-state index in [1.165, 1.54) is 27.8 Å². The number of anilines is 3. The number of ether oxygens (including phenoxy) is 1. The molecule has 10 rings (SSSR count). The van der Waals surface area contributed by atoms with Gasteiger partial charge in [0.25, 0.3) is 0 Å². The summed E-state index contributed by atoms with van der Waals surface area (Å²) in [4.78, 5) is 2.37. The Kier molecular flexibility index (Phi) is 8.55. The highest BCUT2D eigenvalue weighted by atomic mass is 16.5. The van der Waals surface area contributed by atoms with Crippen molar-refractivity contribution in [3.63, 3.8) is 0 Å². The lowest BCUT2D eigenvalue weighted by Gasteiger charge is -2.29. The van der Waals surface area contributed by atoms with Crippen LogP contribution in [0.5, 0.6) is 11.5 Å². The van der Waals surface area contributed by atoms with Crippen molar-refractivity contribution >= 4 is 17.1 Å². The molecule has 0 fully saturated rings. The van der Waals surface area contributed by atoms with E-state index in [-0.39, 0.29) is 0 Å². The summed E-state index contributed by atoms with van der Waals surface area (Å²) in [7, 11) is 0. The highest BCUT2D eigenvalue weighted by Gasteiger charge is 2.28. The normalized spacial score (nSPS) is 11.4. The van der Waals surface area contributed by atoms with E-state index >= 15 is 0 Å². The van der Waals surface area contributed by atoms with Crippen LogP contribution in [0.1, 0.15) is 0 Å². The van der Waals surface area contributed by atoms with E-state index in [1.54, 1.807) is 0 Å². The fourth-order valence-corrected chi connectivity index (χ4v) is 7.97. The Bertz CT molecular complexity index is 2700. The Hall–Kier alpha value is -7.42. The van der Waals surface area contributed by atoms with Crippen LogP contribution >= 0.6 is 0 Å². The highest BCUT2D eigenvalue weighted by molar-refractivity contribution is 6.01. The van der Waals surface area contributed by atoms with Crippen molar-refractivity contribution in [2.45, 2.75) is 0 Å². The van der Waals surface area contributed by atoms with Crippen LogP contribution < -0.4 is 9.64 Å². The van der Waals surface area contributed by atoms with Crippen LogP contribution in [0.15, 0.2) is 224 Å². The average molecular weight is 716 g/mol. The fourth-order valence-electron chi connectivity index (χ4n) is 7.97. The van der Waals surface area contributed by atoms with Crippen molar-refractivity contribution < 1.29 is 4.74 Å². The van der Waals surface area contributed by atoms with E-state index in [2.05, 4.69) is 229 Å². The van der Waals surface area contributed by atoms with E-state index in [0.717, 1.165) is 67.5 Å². The Balaban J connectivity index is 1.20. The molecule has 2 nitrogen and oxygen atoms in total. The van der Waals surface area contributed by atoms with Gasteiger partial charge in [-0.2, -0.15) is 0 Å². The van der Waals surface area contributed by atoms with E-state index in [4.69, 9.17) is 4.74 Å². The molecule has 0 aliphatic carbocycles. The maximum atomic E-state index is 7.21. The molecule has 0 saturated heterocycles. The molecule has 0 saturated carbocycles. The molecule has 0 bridgehead atoms. The maximum Gasteiger partial charge on any atom is 0.143 e. The summed E-state index contributed by atoms with van der Waals surface area (Å²) in [5.74, 6) is 1.66. The van der Waals surface area contributed by atoms with Gasteiger partial charge in [-0.05, 0) is 92.5 Å². The van der Waals surface area contributed by atoms with Crippen molar-refractivity contribution in [1.29, 1.82) is 0 Å². The minimum Gasteiger partial charge on any atom is -0.455 e. The van der Waals surface area contributed by atoms with Crippen LogP contribution in [0.3, 0.4) is 0 Å². The van der Waals surface area contributed by atoms with E-state index < -0.39 is 0 Å². The quantitative estimate of drug-likeness (QED) is 0.163. The summed E-state index contributed by atoms with van der Waals surface area (Å²) in [6, 6.07) is 79.9. The number of hydrogen-bond donors (Lipinski definition) is 0. The van der Waals surface area contributed by atoms with Crippen molar-refractivity contribution in [1.82, 2.24) is 0 Å². The first-order valence-corrected chi connectivity index (χ1v) is 19.1. The molecule has 0 spiro atoms. The molecule has 9 aromatic carbocycles. The Labute approximate surface area is 328 Å². The topological polar surface area (TPSA) is 12.5 Å². The minimum atomic E-state index is 0.810. The molecule has 0 unspecified atom stereocenters. The van der Waals surface area contributed by atoms with Crippen molar-refractivity contribution in [2.75, 3.05) is 4.90 Å². The molecule has 1 aliphatic rings. The molecule has 0 atom stereocenters. The van der Waals surface area contributed by atoms with Gasteiger partial charge in [0.15, 0.2) is 0 Å². The van der Waals surface area contributed by atoms with Crippen LogP contribution in [-0.2, 0) is 0 Å². The van der Waals surface area contributed by atoms with Crippen LogP contribution in [0, 0.1) is 0 Å². The largest absolute Gasteiger partial charge is 0.455 e. The molecule has 1 heterocycles. The molecule has 0 radical (unpaired) electrons. The lowest BCUT2D eigenvalue weighted by Crippen LogP contribution is -2.11. The Morgan fingerprint density at radius 3 is 1.29 bits per heavy atom. The zero-order valence-electron chi connectivity index (χ0n) is 30.7. The Morgan fingerprint density at radius 2 is 0.732 bits per heavy atom. The summed E-state index contributed by atoms with van der Waals surface area (Å²) in [5.41, 5.74) is 16.7. The first kappa shape index (κ1) is 33.2. The van der Waals surface area contributed by atoms with Crippen LogP contribution in [0.2, 0.25) is 0 Å². The Morgan fingerprint density at radius 1 is 0.286 bits per heavy atom. The van der Waals surface area contributed by atoms with Crippen molar-refractivity contribution in [3.05, 3.63) is 224 Å². The van der Waals surface area contributed by atoms with Gasteiger partial charge in [0, 0.05) is 28.1 Å². The van der Waals surface area contributed by atoms with Crippen molar-refractivity contribution in [2.24, 2.45) is 0 Å². The van der Waals surface area contributed by atoms with Gasteiger partial charge >= 0.3 is 0 Å². The fraction of sp³-hybridized carbons (Fsp3) is 0. The monoisotopic (exact) mass is 715 g/mol. The minimum absolute atomic E-state index is 0.810. The van der Waals surface area contributed by atoms with Gasteiger partial charge in [-0.15, -0.1) is 0 Å². The van der Waals surface area contributed by atoms with E-state index in [1.807, 2.05) is 0 Å². The summed E-state index contributed by atoms with van der Waals surface area (Å²) in [5, 5.41) is 0. The predicted molar refractivity (Wildman–Crippen MR) is 234 cm³/mol. The van der Waals surface area contributed by atoms with Gasteiger partial charge in [-0.25, -0.2) is 0 Å². The summed E-state index contributed by atoms with van der Waals surface area (Å²) in [6.07, 6.45) is 0. The smallest absolute Gasteiger partial charge is 0.143 e. The number of rotatable bonds is 7. The average Bonchev–Trinajstić information content (AvgIpc) is 3.43. The first-order valence-electron chi connectivity index (χ1n) is 19.1. The second-order valence-electron chi connectivity index (χ2n) is 14.1. The van der Waals surface area contributed by atoms with Gasteiger partial charge in [0.1, 0.15) is 11.5 Å². The zero-order valence-corrected chi connectivity index (χ0v) is 30.7. The molecule has 2 heteroatoms. The molecule has 9 aromatic rings. The molecule has 0 amide bonds. The molecular formula is C54H37NO. The van der Waals surface area contributed by atoms with Gasteiger partial charge in [-0.3, -0.25) is 0 Å². The third-order valence-electron chi connectivity index (χ3n) is 10.7. The van der Waals surface area contributed by atoms with E-state index in [0.29, 0.717) is 0 Å². The summed E-state index contributed by atoms with van der Waals surface area (Å²) < 4.78 is 7.21. The second-order valence-corrected chi connectivity index (χ2v) is 14.1. The lowest BCUT2D eigenvalue weighted by atomic mass is 9.89. The molecule has 56 heavy (non-hydrogen) atoms. The first-order chi connectivity index (χ1) is 27.8. The maximum absolute atomic E-state index is 7.21. The zero-order chi connectivity index (χ0) is 37.3. The predicted octanol–water partition coefficient (Wildman–Crippen LogP) is 15.3. The van der Waals surface area contributed by atoms with Crippen LogP contribution in [0.4, 0.5) is 17.1 Å². The number of hydrogen-bond acceptors (Lipinski definition) is 2. The molecule has 0 N–H and O–H groups in total. The number of fused-ring (bicyclic) bond motifs is 5. The molecule has 1 aliphatic heterocycles. The number of benzene rings is 9. The molecular weight excluding hydrogens is 679 g/mol. The van der Waals surface area contributed by atoms with E-state index in [9.17, 15) is 0 Å². The highest BCUT2D eigenvalue weighted by Crippen LogP contribution is 2.55. The summed E-state index contributed by atoms with van der Waals surface area (Å²) >= 11 is 0. The molecule has 264 valence electrons. The van der Waals surface area contributed by atoms with Gasteiger partial charge < -0.3 is 9.64 Å². The summed E-state index contributed by atoms with van der Waals surface area (Å²) in [6.45, 7) is 0. The van der Waals surface area contributed by atoms with Crippen LogP contribution in [0.25, 0.3) is 66.8 Å². The standard InChI is InChI=1S/C54H37NO/c1-5-15-38(16-6-1)41-27-32-45(33-28-41)55(46-34-29-42(30-35-46)39-17-7-2-8-18-39)51-25-14-26-52-53(51)48-36-31-44(40-19-9-3-10-20-40)37-50(48)49-24-13-23-47(54(49)56-52)43-21-11-4-12-22-43/h1-37H. The van der Waals surface area contributed by atoms with Crippen LogP contribution in [-0.4, -0.2) is 0 Å². The van der Waals surface area contributed by atoms with Gasteiger partial charge in [0.05, 0.1) is 5.69 Å². The van der Waals surface area contributed by atoms with Gasteiger partial charge in [0.2, 0.25) is 0 Å². The lowest BCUT2D eigenvalue weighted by molar-refractivity contribution is 0.489. The van der Waals surface area contributed by atoms with Gasteiger partial charge in [-0.1, -0.05) is 182 Å².